The van der Waals surface area contributed by atoms with Crippen LogP contribution in [-0.2, 0) is 4.79 Å². The van der Waals surface area contributed by atoms with E-state index in [1.54, 1.807) is 0 Å². The first-order chi connectivity index (χ1) is 9.62. The first-order valence-electron chi connectivity index (χ1n) is 7.01. The number of carbonyl (C=O) groups excluding carboxylic acids is 1. The SMILES string of the molecule is Cc1ccc(C#N)c(N2CCC3(CC2)CNC(=O)C3)n1. The van der Waals surface area contributed by atoms with Crippen LogP contribution in [0.3, 0.4) is 0 Å². The summed E-state index contributed by atoms with van der Waals surface area (Å²) < 4.78 is 0. The Balaban J connectivity index is 1.77. The van der Waals surface area contributed by atoms with Crippen molar-refractivity contribution in [3.05, 3.63) is 23.4 Å². The molecule has 3 heterocycles. The summed E-state index contributed by atoms with van der Waals surface area (Å²) in [4.78, 5) is 18.1. The van der Waals surface area contributed by atoms with Gasteiger partial charge in [0.1, 0.15) is 11.9 Å². The van der Waals surface area contributed by atoms with Crippen molar-refractivity contribution in [1.29, 1.82) is 5.26 Å². The molecule has 2 aliphatic rings. The third kappa shape index (κ3) is 2.22. The van der Waals surface area contributed by atoms with E-state index in [9.17, 15) is 10.1 Å². The Kier molecular flexibility index (Phi) is 3.09. The number of nitrogens with one attached hydrogen (secondary N) is 1. The first kappa shape index (κ1) is 12.9. The maximum absolute atomic E-state index is 11.4. The second-order valence-electron chi connectivity index (χ2n) is 5.88. The van der Waals surface area contributed by atoms with E-state index >= 15 is 0 Å². The molecule has 0 saturated carbocycles. The number of carbonyl (C=O) groups is 1. The molecular weight excluding hydrogens is 252 g/mol. The van der Waals surface area contributed by atoms with Crippen molar-refractivity contribution in [1.82, 2.24) is 10.3 Å². The fraction of sp³-hybridized carbons (Fsp3) is 0.533. The third-order valence-electron chi connectivity index (χ3n) is 4.45. The fourth-order valence-corrected chi connectivity index (χ4v) is 3.17. The zero-order valence-corrected chi connectivity index (χ0v) is 11.6. The Bertz CT molecular complexity index is 582. The molecule has 1 spiro atoms. The number of pyridine rings is 1. The van der Waals surface area contributed by atoms with Crippen LogP contribution < -0.4 is 10.2 Å². The van der Waals surface area contributed by atoms with E-state index in [0.717, 1.165) is 44.0 Å². The maximum atomic E-state index is 11.4. The quantitative estimate of drug-likeness (QED) is 0.836. The number of hydrogen-bond acceptors (Lipinski definition) is 4. The molecule has 0 atom stereocenters. The number of aromatic nitrogens is 1. The lowest BCUT2D eigenvalue weighted by molar-refractivity contribution is -0.119. The number of hydrogen-bond donors (Lipinski definition) is 1. The van der Waals surface area contributed by atoms with Gasteiger partial charge in [0.05, 0.1) is 5.56 Å². The lowest BCUT2D eigenvalue weighted by atomic mass is 9.77. The summed E-state index contributed by atoms with van der Waals surface area (Å²) in [5.41, 5.74) is 1.69. The molecule has 0 aromatic carbocycles. The summed E-state index contributed by atoms with van der Waals surface area (Å²) in [7, 11) is 0. The van der Waals surface area contributed by atoms with Crippen LogP contribution in [0.5, 0.6) is 0 Å². The van der Waals surface area contributed by atoms with Crippen LogP contribution in [-0.4, -0.2) is 30.5 Å². The Morgan fingerprint density at radius 2 is 2.15 bits per heavy atom. The highest BCUT2D eigenvalue weighted by Crippen LogP contribution is 2.38. The van der Waals surface area contributed by atoms with Crippen molar-refractivity contribution in [2.45, 2.75) is 26.2 Å². The lowest BCUT2D eigenvalue weighted by Crippen LogP contribution is -2.41. The summed E-state index contributed by atoms with van der Waals surface area (Å²) in [6.07, 6.45) is 2.60. The number of anilines is 1. The summed E-state index contributed by atoms with van der Waals surface area (Å²) in [5, 5.41) is 12.1. The normalized spacial score (nSPS) is 20.8. The summed E-state index contributed by atoms with van der Waals surface area (Å²) >= 11 is 0. The van der Waals surface area contributed by atoms with Gasteiger partial charge >= 0.3 is 0 Å². The predicted molar refractivity (Wildman–Crippen MR) is 75.2 cm³/mol. The van der Waals surface area contributed by atoms with E-state index in [2.05, 4.69) is 21.3 Å². The minimum Gasteiger partial charge on any atom is -0.356 e. The molecule has 5 nitrogen and oxygen atoms in total. The maximum Gasteiger partial charge on any atom is 0.220 e. The van der Waals surface area contributed by atoms with Crippen LogP contribution in [0.25, 0.3) is 0 Å². The van der Waals surface area contributed by atoms with E-state index in [1.165, 1.54) is 0 Å². The number of amides is 1. The van der Waals surface area contributed by atoms with Gasteiger partial charge in [0.15, 0.2) is 0 Å². The third-order valence-corrected chi connectivity index (χ3v) is 4.45. The van der Waals surface area contributed by atoms with Crippen LogP contribution >= 0.6 is 0 Å². The number of nitrogens with zero attached hydrogens (tertiary/aromatic N) is 3. The minimum absolute atomic E-state index is 0.129. The lowest BCUT2D eigenvalue weighted by Gasteiger charge is -2.39. The molecule has 1 aromatic rings. The second kappa shape index (κ2) is 4.78. The Labute approximate surface area is 118 Å². The van der Waals surface area contributed by atoms with Gasteiger partial charge in [-0.3, -0.25) is 4.79 Å². The van der Waals surface area contributed by atoms with Gasteiger partial charge in [-0.05, 0) is 37.3 Å². The molecule has 2 saturated heterocycles. The highest BCUT2D eigenvalue weighted by molar-refractivity contribution is 5.79. The van der Waals surface area contributed by atoms with Gasteiger partial charge in [-0.15, -0.1) is 0 Å². The number of aryl methyl sites for hydroxylation is 1. The van der Waals surface area contributed by atoms with Crippen molar-refractivity contribution in [2.24, 2.45) is 5.41 Å². The van der Waals surface area contributed by atoms with E-state index in [-0.39, 0.29) is 11.3 Å². The molecule has 20 heavy (non-hydrogen) atoms. The Morgan fingerprint density at radius 1 is 1.40 bits per heavy atom. The van der Waals surface area contributed by atoms with Gasteiger partial charge in [0.2, 0.25) is 5.91 Å². The minimum atomic E-state index is 0.129. The molecule has 3 rings (SSSR count). The first-order valence-corrected chi connectivity index (χ1v) is 7.01. The molecular formula is C15H18N4O. The molecule has 0 aliphatic carbocycles. The highest BCUT2D eigenvalue weighted by atomic mass is 16.1. The molecule has 2 fully saturated rings. The van der Waals surface area contributed by atoms with Gasteiger partial charge in [0, 0.05) is 31.7 Å². The smallest absolute Gasteiger partial charge is 0.220 e. The fourth-order valence-electron chi connectivity index (χ4n) is 3.17. The molecule has 5 heteroatoms. The number of rotatable bonds is 1. The average molecular weight is 270 g/mol. The van der Waals surface area contributed by atoms with Crippen molar-refractivity contribution in [2.75, 3.05) is 24.5 Å². The van der Waals surface area contributed by atoms with Crippen LogP contribution in [0.2, 0.25) is 0 Å². The molecule has 104 valence electrons. The van der Waals surface area contributed by atoms with Gasteiger partial charge in [-0.25, -0.2) is 4.98 Å². The summed E-state index contributed by atoms with van der Waals surface area (Å²) in [6.45, 7) is 4.46. The van der Waals surface area contributed by atoms with E-state index < -0.39 is 0 Å². The van der Waals surface area contributed by atoms with Crippen molar-refractivity contribution < 1.29 is 4.79 Å². The molecule has 1 N–H and O–H groups in total. The highest BCUT2D eigenvalue weighted by Gasteiger charge is 2.41. The Hall–Kier alpha value is -2.09. The van der Waals surface area contributed by atoms with E-state index in [1.807, 2.05) is 19.1 Å². The molecule has 0 bridgehead atoms. The van der Waals surface area contributed by atoms with Crippen molar-refractivity contribution >= 4 is 11.7 Å². The van der Waals surface area contributed by atoms with Crippen LogP contribution in [0, 0.1) is 23.7 Å². The molecule has 1 amide bonds. The van der Waals surface area contributed by atoms with Crippen molar-refractivity contribution in [3.8, 4) is 6.07 Å². The number of nitriles is 1. The molecule has 1 aromatic heterocycles. The van der Waals surface area contributed by atoms with Crippen molar-refractivity contribution in [3.63, 3.8) is 0 Å². The summed E-state index contributed by atoms with van der Waals surface area (Å²) in [6, 6.07) is 5.92. The van der Waals surface area contributed by atoms with Crippen LogP contribution in [0.4, 0.5) is 5.82 Å². The predicted octanol–water partition coefficient (Wildman–Crippen LogP) is 1.37. The monoisotopic (exact) mass is 270 g/mol. The zero-order valence-electron chi connectivity index (χ0n) is 11.6. The van der Waals surface area contributed by atoms with Gasteiger partial charge < -0.3 is 10.2 Å². The topological polar surface area (TPSA) is 69.0 Å². The number of piperidine rings is 1. The van der Waals surface area contributed by atoms with Gasteiger partial charge in [0.25, 0.3) is 0 Å². The molecule has 0 unspecified atom stereocenters. The van der Waals surface area contributed by atoms with Crippen LogP contribution in [0.1, 0.15) is 30.5 Å². The average Bonchev–Trinajstić information content (AvgIpc) is 2.81. The Morgan fingerprint density at radius 3 is 2.75 bits per heavy atom. The second-order valence-corrected chi connectivity index (χ2v) is 5.88. The summed E-state index contributed by atoms with van der Waals surface area (Å²) in [5.74, 6) is 0.962. The van der Waals surface area contributed by atoms with Gasteiger partial charge in [-0.1, -0.05) is 0 Å². The standard InChI is InChI=1S/C15H18N4O/c1-11-2-3-12(9-16)14(18-11)19-6-4-15(5-7-19)8-13(20)17-10-15/h2-3H,4-8,10H2,1H3,(H,17,20). The molecule has 2 aliphatic heterocycles. The zero-order chi connectivity index (χ0) is 14.2. The van der Waals surface area contributed by atoms with Gasteiger partial charge in [-0.2, -0.15) is 5.26 Å². The van der Waals surface area contributed by atoms with E-state index in [4.69, 9.17) is 0 Å². The molecule has 0 radical (unpaired) electrons. The van der Waals surface area contributed by atoms with E-state index in [0.29, 0.717) is 12.0 Å². The largest absolute Gasteiger partial charge is 0.356 e. The van der Waals surface area contributed by atoms with Crippen LogP contribution in [0.15, 0.2) is 12.1 Å².